The highest BCUT2D eigenvalue weighted by atomic mass is 15.2. The van der Waals surface area contributed by atoms with Crippen molar-refractivity contribution in [2.75, 3.05) is 5.73 Å². The molecule has 21 heavy (non-hydrogen) atoms. The summed E-state index contributed by atoms with van der Waals surface area (Å²) in [4.78, 5) is 4.80. The Morgan fingerprint density at radius 2 is 1.90 bits per heavy atom. The molecule has 0 unspecified atom stereocenters. The van der Waals surface area contributed by atoms with E-state index in [9.17, 15) is 0 Å². The van der Waals surface area contributed by atoms with Crippen molar-refractivity contribution in [2.24, 2.45) is 0 Å². The maximum absolute atomic E-state index is 6.40. The molecule has 1 fully saturated rings. The molecule has 3 aromatic rings. The van der Waals surface area contributed by atoms with Crippen LogP contribution in [0.25, 0.3) is 22.0 Å². The van der Waals surface area contributed by atoms with E-state index in [4.69, 9.17) is 10.7 Å². The van der Waals surface area contributed by atoms with Gasteiger partial charge >= 0.3 is 0 Å². The average molecular weight is 277 g/mol. The molecular weight excluding hydrogens is 258 g/mol. The molecule has 0 amide bonds. The van der Waals surface area contributed by atoms with E-state index in [0.29, 0.717) is 6.04 Å². The number of aromatic nitrogens is 2. The van der Waals surface area contributed by atoms with Crippen LogP contribution in [0.4, 0.5) is 5.82 Å². The third kappa shape index (κ3) is 2.00. The summed E-state index contributed by atoms with van der Waals surface area (Å²) in [5, 5.41) is 2.48. The van der Waals surface area contributed by atoms with Crippen molar-refractivity contribution in [2.45, 2.75) is 32.2 Å². The minimum Gasteiger partial charge on any atom is -0.383 e. The number of hydrogen-bond donors (Lipinski definition) is 1. The molecule has 3 heteroatoms. The Balaban J connectivity index is 1.88. The molecule has 3 nitrogen and oxygen atoms in total. The van der Waals surface area contributed by atoms with E-state index < -0.39 is 0 Å². The molecule has 1 aromatic heterocycles. The molecular formula is C18H19N3. The fraction of sp³-hybridized carbons (Fsp3) is 0.278. The number of nitrogens with zero attached hydrogens (tertiary/aromatic N) is 2. The van der Waals surface area contributed by atoms with Crippen LogP contribution in [0.1, 0.15) is 31.6 Å². The predicted molar refractivity (Wildman–Crippen MR) is 87.2 cm³/mol. The van der Waals surface area contributed by atoms with Gasteiger partial charge in [-0.3, -0.25) is 0 Å². The number of benzene rings is 2. The topological polar surface area (TPSA) is 43.8 Å². The first-order chi connectivity index (χ1) is 10.3. The van der Waals surface area contributed by atoms with Gasteiger partial charge < -0.3 is 10.3 Å². The summed E-state index contributed by atoms with van der Waals surface area (Å²) in [5.74, 6) is 1.93. The molecule has 0 radical (unpaired) electrons. The molecule has 1 aliphatic carbocycles. The fourth-order valence-electron chi connectivity index (χ4n) is 3.03. The predicted octanol–water partition coefficient (Wildman–Crippen LogP) is 4.18. The van der Waals surface area contributed by atoms with Gasteiger partial charge in [-0.1, -0.05) is 43.3 Å². The van der Waals surface area contributed by atoms with Crippen LogP contribution in [0.3, 0.4) is 0 Å². The van der Waals surface area contributed by atoms with E-state index in [1.54, 1.807) is 0 Å². The standard InChI is InChI=1S/C18H19N3/c1-2-16-20-17(18(19)21(16)15-9-10-15)14-8-7-12-5-3-4-6-13(12)11-14/h3-8,11,15H,2,9-10,19H2,1H3. The Hall–Kier alpha value is -2.29. The number of rotatable bonds is 3. The third-order valence-electron chi connectivity index (χ3n) is 4.27. The molecule has 0 spiro atoms. The van der Waals surface area contributed by atoms with Crippen molar-refractivity contribution < 1.29 is 0 Å². The van der Waals surface area contributed by atoms with Gasteiger partial charge in [-0.25, -0.2) is 4.98 Å². The number of nitrogen functional groups attached to an aromatic ring is 1. The van der Waals surface area contributed by atoms with E-state index in [1.807, 2.05) is 0 Å². The minimum absolute atomic E-state index is 0.571. The lowest BCUT2D eigenvalue weighted by molar-refractivity contribution is 0.696. The van der Waals surface area contributed by atoms with Crippen molar-refractivity contribution >= 4 is 16.6 Å². The van der Waals surface area contributed by atoms with Crippen molar-refractivity contribution in [1.29, 1.82) is 0 Å². The zero-order chi connectivity index (χ0) is 14.4. The second kappa shape index (κ2) is 4.62. The van der Waals surface area contributed by atoms with Crippen molar-refractivity contribution in [3.8, 4) is 11.3 Å². The average Bonchev–Trinajstić information content (AvgIpc) is 3.30. The number of anilines is 1. The summed E-state index contributed by atoms with van der Waals surface area (Å²) in [6.07, 6.45) is 3.38. The van der Waals surface area contributed by atoms with Crippen LogP contribution in [0, 0.1) is 0 Å². The van der Waals surface area contributed by atoms with Gasteiger partial charge in [0.05, 0.1) is 0 Å². The minimum atomic E-state index is 0.571. The molecule has 1 saturated carbocycles. The molecule has 2 N–H and O–H groups in total. The first-order valence-corrected chi connectivity index (χ1v) is 7.63. The molecule has 1 heterocycles. The van der Waals surface area contributed by atoms with Gasteiger partial charge in [0.1, 0.15) is 17.3 Å². The van der Waals surface area contributed by atoms with E-state index in [2.05, 4.69) is 54.0 Å². The number of aryl methyl sites for hydroxylation is 1. The smallest absolute Gasteiger partial charge is 0.131 e. The van der Waals surface area contributed by atoms with Crippen LogP contribution in [-0.4, -0.2) is 9.55 Å². The summed E-state index contributed by atoms with van der Waals surface area (Å²) >= 11 is 0. The van der Waals surface area contributed by atoms with Gasteiger partial charge in [0, 0.05) is 18.0 Å². The first-order valence-electron chi connectivity index (χ1n) is 7.63. The van der Waals surface area contributed by atoms with Crippen LogP contribution in [-0.2, 0) is 6.42 Å². The maximum atomic E-state index is 6.40. The number of fused-ring (bicyclic) bond motifs is 1. The van der Waals surface area contributed by atoms with Crippen molar-refractivity contribution in [1.82, 2.24) is 9.55 Å². The highest BCUT2D eigenvalue weighted by Crippen LogP contribution is 2.41. The quantitative estimate of drug-likeness (QED) is 0.780. The van der Waals surface area contributed by atoms with Gasteiger partial charge in [0.2, 0.25) is 0 Å². The van der Waals surface area contributed by atoms with E-state index in [-0.39, 0.29) is 0 Å². The van der Waals surface area contributed by atoms with Gasteiger partial charge in [-0.2, -0.15) is 0 Å². The summed E-state index contributed by atoms with van der Waals surface area (Å²) in [5.41, 5.74) is 8.44. The normalized spacial score (nSPS) is 14.7. The van der Waals surface area contributed by atoms with Gasteiger partial charge in [0.15, 0.2) is 0 Å². The molecule has 0 saturated heterocycles. The van der Waals surface area contributed by atoms with E-state index in [1.165, 1.54) is 23.6 Å². The lowest BCUT2D eigenvalue weighted by Crippen LogP contribution is -2.04. The van der Waals surface area contributed by atoms with Gasteiger partial charge in [-0.05, 0) is 29.7 Å². The Bertz CT molecular complexity index is 812. The molecule has 2 aromatic carbocycles. The molecule has 4 rings (SSSR count). The van der Waals surface area contributed by atoms with Crippen molar-refractivity contribution in [3.63, 3.8) is 0 Å². The second-order valence-corrected chi connectivity index (χ2v) is 5.78. The Labute approximate surface area is 124 Å². The summed E-state index contributed by atoms with van der Waals surface area (Å²) in [6, 6.07) is 15.4. The van der Waals surface area contributed by atoms with Gasteiger partial charge in [0.25, 0.3) is 0 Å². The van der Waals surface area contributed by atoms with Crippen molar-refractivity contribution in [3.05, 3.63) is 48.3 Å². The lowest BCUT2D eigenvalue weighted by Gasteiger charge is -2.07. The monoisotopic (exact) mass is 277 g/mol. The maximum Gasteiger partial charge on any atom is 0.131 e. The SMILES string of the molecule is CCc1nc(-c2ccc3ccccc3c2)c(N)n1C1CC1. The third-order valence-corrected chi connectivity index (χ3v) is 4.27. The molecule has 0 aliphatic heterocycles. The van der Waals surface area contributed by atoms with E-state index >= 15 is 0 Å². The highest BCUT2D eigenvalue weighted by molar-refractivity contribution is 5.88. The second-order valence-electron chi connectivity index (χ2n) is 5.78. The highest BCUT2D eigenvalue weighted by Gasteiger charge is 2.29. The van der Waals surface area contributed by atoms with Crippen LogP contribution in [0.2, 0.25) is 0 Å². The number of hydrogen-bond acceptors (Lipinski definition) is 2. The van der Waals surface area contributed by atoms with Crippen LogP contribution in [0.15, 0.2) is 42.5 Å². The number of nitrogens with two attached hydrogens (primary N) is 1. The van der Waals surface area contributed by atoms with Gasteiger partial charge in [-0.15, -0.1) is 0 Å². The van der Waals surface area contributed by atoms with E-state index in [0.717, 1.165) is 29.3 Å². The Kier molecular flexibility index (Phi) is 2.74. The molecule has 1 aliphatic rings. The molecule has 0 atom stereocenters. The first kappa shape index (κ1) is 12.5. The summed E-state index contributed by atoms with van der Waals surface area (Å²) in [6.45, 7) is 2.14. The summed E-state index contributed by atoms with van der Waals surface area (Å²) in [7, 11) is 0. The largest absolute Gasteiger partial charge is 0.383 e. The summed E-state index contributed by atoms with van der Waals surface area (Å²) < 4.78 is 2.24. The Morgan fingerprint density at radius 3 is 2.62 bits per heavy atom. The van der Waals surface area contributed by atoms with Crippen LogP contribution >= 0.6 is 0 Å². The zero-order valence-corrected chi connectivity index (χ0v) is 12.2. The van der Waals surface area contributed by atoms with Crippen LogP contribution in [0.5, 0.6) is 0 Å². The fourth-order valence-corrected chi connectivity index (χ4v) is 3.03. The lowest BCUT2D eigenvalue weighted by atomic mass is 10.1. The zero-order valence-electron chi connectivity index (χ0n) is 12.2. The molecule has 106 valence electrons. The Morgan fingerprint density at radius 1 is 1.14 bits per heavy atom. The van der Waals surface area contributed by atoms with Crippen LogP contribution < -0.4 is 5.73 Å². The number of imidazole rings is 1. The molecule has 0 bridgehead atoms.